The van der Waals surface area contributed by atoms with Gasteiger partial charge in [-0.1, -0.05) is 19.1 Å². The minimum absolute atomic E-state index is 0.0432. The monoisotopic (exact) mass is 266 g/mol. The molecule has 1 fully saturated rings. The van der Waals surface area contributed by atoms with E-state index in [-0.39, 0.29) is 11.1 Å². The maximum atomic E-state index is 12.2. The third-order valence-electron chi connectivity index (χ3n) is 2.61. The van der Waals surface area contributed by atoms with Gasteiger partial charge in [-0.3, -0.25) is 0 Å². The van der Waals surface area contributed by atoms with Crippen molar-refractivity contribution in [3.05, 3.63) is 0 Å². The van der Waals surface area contributed by atoms with E-state index in [0.717, 1.165) is 0 Å². The van der Waals surface area contributed by atoms with Crippen LogP contribution in [0.1, 0.15) is 20.3 Å². The lowest BCUT2D eigenvalue weighted by atomic mass is 10.3. The summed E-state index contributed by atoms with van der Waals surface area (Å²) in [7, 11) is -3.42. The van der Waals surface area contributed by atoms with Gasteiger partial charge in [-0.05, 0) is 13.3 Å². The number of nitrogens with zero attached hydrogens (tertiary/aromatic N) is 1. The van der Waals surface area contributed by atoms with E-state index < -0.39 is 15.3 Å². The molecular formula is C9H18N2O3S2. The molecule has 0 saturated carbocycles. The first-order valence-corrected chi connectivity index (χ1v) is 7.20. The number of morpholine rings is 1. The lowest BCUT2D eigenvalue weighted by Crippen LogP contribution is -2.50. The second-order valence-corrected chi connectivity index (χ2v) is 6.47. The van der Waals surface area contributed by atoms with E-state index in [4.69, 9.17) is 22.7 Å². The first-order chi connectivity index (χ1) is 7.39. The van der Waals surface area contributed by atoms with Gasteiger partial charge < -0.3 is 10.5 Å². The Morgan fingerprint density at radius 3 is 2.75 bits per heavy atom. The first kappa shape index (κ1) is 13.8. The van der Waals surface area contributed by atoms with Crippen molar-refractivity contribution in [3.8, 4) is 0 Å². The van der Waals surface area contributed by atoms with Crippen molar-refractivity contribution < 1.29 is 13.2 Å². The van der Waals surface area contributed by atoms with Gasteiger partial charge in [0.05, 0.1) is 17.7 Å². The van der Waals surface area contributed by atoms with Crippen LogP contribution in [-0.2, 0) is 14.8 Å². The van der Waals surface area contributed by atoms with Crippen LogP contribution in [0.4, 0.5) is 0 Å². The van der Waals surface area contributed by atoms with Gasteiger partial charge in [0.25, 0.3) is 0 Å². The van der Waals surface area contributed by atoms with Gasteiger partial charge in [-0.2, -0.15) is 4.31 Å². The zero-order chi connectivity index (χ0) is 12.3. The molecule has 0 aromatic heterocycles. The summed E-state index contributed by atoms with van der Waals surface area (Å²) in [6.07, 6.45) is 0.330. The fourth-order valence-electron chi connectivity index (χ4n) is 1.76. The van der Waals surface area contributed by atoms with Crippen molar-refractivity contribution in [2.75, 3.05) is 19.7 Å². The van der Waals surface area contributed by atoms with Crippen LogP contribution in [0.15, 0.2) is 0 Å². The van der Waals surface area contributed by atoms with Crippen LogP contribution in [0.25, 0.3) is 0 Å². The molecule has 5 nitrogen and oxygen atoms in total. The molecule has 0 aromatic rings. The number of thiocarbonyl (C=S) groups is 1. The summed E-state index contributed by atoms with van der Waals surface area (Å²) in [5.41, 5.74) is 5.47. The predicted octanol–water partition coefficient (Wildman–Crippen LogP) is 0.102. The third-order valence-corrected chi connectivity index (χ3v) is 5.40. The molecule has 0 radical (unpaired) electrons. The highest BCUT2D eigenvalue weighted by atomic mass is 32.2. The van der Waals surface area contributed by atoms with Crippen molar-refractivity contribution >= 4 is 27.2 Å². The SMILES string of the molecule is CCC(C(N)=S)S(=O)(=O)N1CCOC(C)C1. The molecule has 94 valence electrons. The number of sulfonamides is 1. The third kappa shape index (κ3) is 2.91. The molecule has 0 aromatic carbocycles. The highest BCUT2D eigenvalue weighted by molar-refractivity contribution is 7.92. The van der Waals surface area contributed by atoms with Crippen LogP contribution < -0.4 is 5.73 Å². The first-order valence-electron chi connectivity index (χ1n) is 5.29. The quantitative estimate of drug-likeness (QED) is 0.731. The second kappa shape index (κ2) is 5.39. The van der Waals surface area contributed by atoms with E-state index in [0.29, 0.717) is 26.1 Å². The maximum Gasteiger partial charge on any atom is 0.223 e. The Morgan fingerprint density at radius 2 is 2.31 bits per heavy atom. The standard InChI is InChI=1S/C9H18N2O3S2/c1-3-8(9(10)15)16(12,13)11-4-5-14-7(2)6-11/h7-8H,3-6H2,1-2H3,(H2,10,15). The normalized spacial score (nSPS) is 25.2. The molecule has 16 heavy (non-hydrogen) atoms. The fourth-order valence-corrected chi connectivity index (χ4v) is 4.11. The van der Waals surface area contributed by atoms with Gasteiger partial charge in [0.1, 0.15) is 5.25 Å². The summed E-state index contributed by atoms with van der Waals surface area (Å²) >= 11 is 4.80. The zero-order valence-corrected chi connectivity index (χ0v) is 11.2. The fraction of sp³-hybridized carbons (Fsp3) is 0.889. The molecule has 7 heteroatoms. The van der Waals surface area contributed by atoms with E-state index in [1.54, 1.807) is 6.92 Å². The van der Waals surface area contributed by atoms with E-state index in [1.165, 1.54) is 4.31 Å². The largest absolute Gasteiger partial charge is 0.392 e. The Labute approximate surface area is 102 Å². The Hall–Kier alpha value is -0.240. The summed E-state index contributed by atoms with van der Waals surface area (Å²) in [4.78, 5) is 0.0432. The van der Waals surface area contributed by atoms with Gasteiger partial charge in [0.15, 0.2) is 0 Å². The Morgan fingerprint density at radius 1 is 1.69 bits per heavy atom. The lowest BCUT2D eigenvalue weighted by Gasteiger charge is -2.32. The predicted molar refractivity (Wildman–Crippen MR) is 66.8 cm³/mol. The van der Waals surface area contributed by atoms with Gasteiger partial charge in [0, 0.05) is 13.1 Å². The van der Waals surface area contributed by atoms with Gasteiger partial charge >= 0.3 is 0 Å². The van der Waals surface area contributed by atoms with E-state index in [2.05, 4.69) is 0 Å². The molecule has 1 aliphatic rings. The van der Waals surface area contributed by atoms with E-state index in [1.807, 2.05) is 6.92 Å². The van der Waals surface area contributed by atoms with Gasteiger partial charge in [-0.25, -0.2) is 8.42 Å². The van der Waals surface area contributed by atoms with Crippen molar-refractivity contribution in [2.45, 2.75) is 31.6 Å². The van der Waals surface area contributed by atoms with Crippen LogP contribution in [0.3, 0.4) is 0 Å². The van der Waals surface area contributed by atoms with Crippen LogP contribution in [0.2, 0.25) is 0 Å². The van der Waals surface area contributed by atoms with E-state index in [9.17, 15) is 8.42 Å². The van der Waals surface area contributed by atoms with Crippen molar-refractivity contribution in [1.82, 2.24) is 4.31 Å². The highest BCUT2D eigenvalue weighted by Crippen LogP contribution is 2.16. The van der Waals surface area contributed by atoms with E-state index >= 15 is 0 Å². The van der Waals surface area contributed by atoms with Crippen LogP contribution in [-0.4, -0.2) is 48.8 Å². The molecule has 1 heterocycles. The maximum absolute atomic E-state index is 12.2. The Bertz CT molecular complexity index is 356. The molecule has 2 atom stereocenters. The van der Waals surface area contributed by atoms with Crippen molar-refractivity contribution in [2.24, 2.45) is 5.73 Å². The molecule has 1 saturated heterocycles. The second-order valence-electron chi connectivity index (χ2n) is 3.88. The summed E-state index contributed by atoms with van der Waals surface area (Å²) < 4.78 is 31.1. The average molecular weight is 266 g/mol. The number of hydrogen-bond donors (Lipinski definition) is 1. The van der Waals surface area contributed by atoms with Crippen LogP contribution in [0, 0.1) is 0 Å². The smallest absolute Gasteiger partial charge is 0.223 e. The number of rotatable bonds is 4. The van der Waals surface area contributed by atoms with Crippen LogP contribution in [0.5, 0.6) is 0 Å². The summed E-state index contributed by atoms with van der Waals surface area (Å²) in [6, 6.07) is 0. The summed E-state index contributed by atoms with van der Waals surface area (Å²) in [6.45, 7) is 4.80. The Balaban J connectivity index is 2.87. The summed E-state index contributed by atoms with van der Waals surface area (Å²) in [5.74, 6) is 0. The molecule has 0 spiro atoms. The molecular weight excluding hydrogens is 248 g/mol. The van der Waals surface area contributed by atoms with Crippen LogP contribution >= 0.6 is 12.2 Å². The average Bonchev–Trinajstić information content (AvgIpc) is 2.17. The minimum atomic E-state index is -3.42. The highest BCUT2D eigenvalue weighted by Gasteiger charge is 2.35. The number of ether oxygens (including phenoxy) is 1. The molecule has 1 aliphatic heterocycles. The number of hydrogen-bond acceptors (Lipinski definition) is 4. The molecule has 0 bridgehead atoms. The molecule has 1 rings (SSSR count). The molecule has 2 unspecified atom stereocenters. The summed E-state index contributed by atoms with van der Waals surface area (Å²) in [5, 5.41) is -0.757. The topological polar surface area (TPSA) is 72.6 Å². The van der Waals surface area contributed by atoms with Gasteiger partial charge in [0.2, 0.25) is 10.0 Å². The number of nitrogens with two attached hydrogens (primary N) is 1. The molecule has 0 amide bonds. The lowest BCUT2D eigenvalue weighted by molar-refractivity contribution is 0.0100. The van der Waals surface area contributed by atoms with Crippen molar-refractivity contribution in [1.29, 1.82) is 0 Å². The molecule has 0 aliphatic carbocycles. The zero-order valence-electron chi connectivity index (χ0n) is 9.55. The minimum Gasteiger partial charge on any atom is -0.392 e. The van der Waals surface area contributed by atoms with Gasteiger partial charge in [-0.15, -0.1) is 0 Å². The van der Waals surface area contributed by atoms with Crippen molar-refractivity contribution in [3.63, 3.8) is 0 Å². The Kier molecular flexibility index (Phi) is 4.66. The molecule has 2 N–H and O–H groups in total.